The number of nitrogens with zero attached hydrogens (tertiary/aromatic N) is 1. The zero-order valence-corrected chi connectivity index (χ0v) is 19.8. The summed E-state index contributed by atoms with van der Waals surface area (Å²) in [4.78, 5) is 24.4. The summed E-state index contributed by atoms with van der Waals surface area (Å²) in [7, 11) is 1.74. The molecule has 0 aliphatic carbocycles. The molecule has 0 radical (unpaired) electrons. The van der Waals surface area contributed by atoms with Gasteiger partial charge >= 0.3 is 5.97 Å². The van der Waals surface area contributed by atoms with Crippen LogP contribution in [0.3, 0.4) is 0 Å². The van der Waals surface area contributed by atoms with Gasteiger partial charge in [-0.25, -0.2) is 4.79 Å². The Morgan fingerprint density at radius 2 is 1.70 bits per heavy atom. The fourth-order valence-electron chi connectivity index (χ4n) is 2.99. The minimum absolute atomic E-state index is 0.0169. The number of hydrogen-bond donors (Lipinski definition) is 1. The molecule has 0 heterocycles. The second kappa shape index (κ2) is 13.2. The number of hydrogen-bond acceptors (Lipinski definition) is 5. The molecule has 178 valence electrons. The van der Waals surface area contributed by atoms with Crippen LogP contribution < -0.4 is 14.4 Å². The Kier molecular flexibility index (Phi) is 10.3. The zero-order chi connectivity index (χ0) is 24.2. The highest BCUT2D eigenvalue weighted by atomic mass is 16.5. The first-order chi connectivity index (χ1) is 15.8. The molecule has 0 aromatic heterocycles. The lowest BCUT2D eigenvalue weighted by Gasteiger charge is -2.16. The van der Waals surface area contributed by atoms with Crippen molar-refractivity contribution in [3.05, 3.63) is 59.4 Å². The topological polar surface area (TPSA) is 85.3 Å². The number of benzene rings is 2. The van der Waals surface area contributed by atoms with Crippen molar-refractivity contribution in [1.82, 2.24) is 0 Å². The summed E-state index contributed by atoms with van der Waals surface area (Å²) in [5, 5.41) is 9.29. The number of ether oxygens (including phenoxy) is 3. The van der Waals surface area contributed by atoms with E-state index in [1.807, 2.05) is 24.3 Å². The number of carbonyl (C=O) groups excluding carboxylic acids is 1. The monoisotopic (exact) mass is 455 g/mol. The third-order valence-corrected chi connectivity index (χ3v) is 4.98. The Bertz CT molecular complexity index is 952. The van der Waals surface area contributed by atoms with E-state index < -0.39 is 5.97 Å². The molecule has 1 N–H and O–H groups in total. The van der Waals surface area contributed by atoms with Gasteiger partial charge in [0.15, 0.2) is 11.5 Å². The summed E-state index contributed by atoms with van der Waals surface area (Å²) in [5.74, 6) is -0.0891. The third kappa shape index (κ3) is 8.18. The van der Waals surface area contributed by atoms with Crippen molar-refractivity contribution in [2.24, 2.45) is 0 Å². The second-order valence-electron chi connectivity index (χ2n) is 7.50. The van der Waals surface area contributed by atoms with Crippen LogP contribution in [0, 0.1) is 0 Å². The summed E-state index contributed by atoms with van der Waals surface area (Å²) in [6.45, 7) is 6.61. The molecule has 2 aromatic rings. The van der Waals surface area contributed by atoms with Crippen LogP contribution in [0.4, 0.5) is 5.69 Å². The summed E-state index contributed by atoms with van der Waals surface area (Å²) in [6.07, 6.45) is 4.06. The van der Waals surface area contributed by atoms with Gasteiger partial charge < -0.3 is 24.2 Å². The molecule has 0 aliphatic rings. The SMILES string of the molecule is CCCCOc1cc(C=C(OCC)C(=O)O)ccc1OCCc1ccc(N(C)C(C)=O)cc1. The van der Waals surface area contributed by atoms with Crippen LogP contribution in [0.2, 0.25) is 0 Å². The van der Waals surface area contributed by atoms with Crippen LogP contribution in [0.25, 0.3) is 6.08 Å². The maximum absolute atomic E-state index is 11.5. The highest BCUT2D eigenvalue weighted by Gasteiger charge is 2.11. The van der Waals surface area contributed by atoms with Gasteiger partial charge in [0.2, 0.25) is 11.7 Å². The molecule has 0 spiro atoms. The van der Waals surface area contributed by atoms with E-state index in [0.29, 0.717) is 36.7 Å². The molecule has 0 aliphatic heterocycles. The summed E-state index contributed by atoms with van der Waals surface area (Å²) >= 11 is 0. The van der Waals surface area contributed by atoms with Crippen molar-refractivity contribution in [2.45, 2.75) is 40.0 Å². The molecule has 0 bridgehead atoms. The van der Waals surface area contributed by atoms with Gasteiger partial charge in [-0.05, 0) is 54.8 Å². The molecular weight excluding hydrogens is 422 g/mol. The van der Waals surface area contributed by atoms with Gasteiger partial charge in [0.05, 0.1) is 19.8 Å². The predicted octanol–water partition coefficient (Wildman–Crippen LogP) is 4.93. The number of carboxylic acids is 1. The van der Waals surface area contributed by atoms with E-state index in [1.165, 1.54) is 13.0 Å². The molecule has 7 nitrogen and oxygen atoms in total. The van der Waals surface area contributed by atoms with E-state index in [2.05, 4.69) is 6.92 Å². The van der Waals surface area contributed by atoms with Crippen LogP contribution in [-0.2, 0) is 20.7 Å². The summed E-state index contributed by atoms with van der Waals surface area (Å²) in [6, 6.07) is 13.1. The standard InChI is InChI=1S/C26H33NO6/c1-5-7-15-32-24-17-21(18-25(26(29)30)31-6-2)10-13-23(24)33-16-14-20-8-11-22(12-9-20)27(4)19(3)28/h8-13,17-18H,5-7,14-16H2,1-4H3,(H,29,30). The summed E-state index contributed by atoms with van der Waals surface area (Å²) in [5.41, 5.74) is 2.59. The van der Waals surface area contributed by atoms with Crippen molar-refractivity contribution in [1.29, 1.82) is 0 Å². The van der Waals surface area contributed by atoms with E-state index in [9.17, 15) is 14.7 Å². The van der Waals surface area contributed by atoms with Gasteiger partial charge in [0, 0.05) is 26.1 Å². The highest BCUT2D eigenvalue weighted by Crippen LogP contribution is 2.30. The number of carboxylic acid groups (broad SMARTS) is 1. The Labute approximate surface area is 195 Å². The maximum Gasteiger partial charge on any atom is 0.371 e. The third-order valence-electron chi connectivity index (χ3n) is 4.98. The quantitative estimate of drug-likeness (QED) is 0.262. The lowest BCUT2D eigenvalue weighted by atomic mass is 10.1. The first kappa shape index (κ1) is 25.8. The molecule has 2 rings (SSSR count). The minimum atomic E-state index is -1.12. The Morgan fingerprint density at radius 3 is 2.30 bits per heavy atom. The lowest BCUT2D eigenvalue weighted by molar-refractivity contribution is -0.136. The molecule has 33 heavy (non-hydrogen) atoms. The normalized spacial score (nSPS) is 11.1. The van der Waals surface area contributed by atoms with E-state index in [1.54, 1.807) is 37.1 Å². The number of unbranched alkanes of at least 4 members (excludes halogenated alkanes) is 1. The lowest BCUT2D eigenvalue weighted by Crippen LogP contribution is -2.22. The number of anilines is 1. The Balaban J connectivity index is 2.10. The fraction of sp³-hybridized carbons (Fsp3) is 0.385. The predicted molar refractivity (Wildman–Crippen MR) is 129 cm³/mol. The first-order valence-corrected chi connectivity index (χ1v) is 11.2. The molecule has 0 saturated heterocycles. The average molecular weight is 456 g/mol. The van der Waals surface area contributed by atoms with Crippen molar-refractivity contribution in [2.75, 3.05) is 31.8 Å². The fourth-order valence-corrected chi connectivity index (χ4v) is 2.99. The smallest absolute Gasteiger partial charge is 0.371 e. The molecule has 2 aromatic carbocycles. The van der Waals surface area contributed by atoms with Crippen molar-refractivity contribution in [3.8, 4) is 11.5 Å². The number of carbonyl (C=O) groups is 2. The van der Waals surface area contributed by atoms with Crippen LogP contribution >= 0.6 is 0 Å². The van der Waals surface area contributed by atoms with Gasteiger partial charge in [-0.3, -0.25) is 4.79 Å². The molecule has 0 fully saturated rings. The molecule has 0 saturated carbocycles. The molecular formula is C26H33NO6. The maximum atomic E-state index is 11.5. The van der Waals surface area contributed by atoms with Gasteiger partial charge in [-0.2, -0.15) is 0 Å². The van der Waals surface area contributed by atoms with E-state index in [4.69, 9.17) is 14.2 Å². The number of aliphatic carboxylic acids is 1. The minimum Gasteiger partial charge on any atom is -0.490 e. The molecule has 0 unspecified atom stereocenters. The first-order valence-electron chi connectivity index (χ1n) is 11.2. The van der Waals surface area contributed by atoms with Gasteiger partial charge in [-0.15, -0.1) is 0 Å². The zero-order valence-electron chi connectivity index (χ0n) is 19.8. The van der Waals surface area contributed by atoms with Crippen molar-refractivity contribution < 1.29 is 28.9 Å². The van der Waals surface area contributed by atoms with Gasteiger partial charge in [0.25, 0.3) is 0 Å². The van der Waals surface area contributed by atoms with Gasteiger partial charge in [0.1, 0.15) is 0 Å². The largest absolute Gasteiger partial charge is 0.490 e. The molecule has 0 atom stereocenters. The van der Waals surface area contributed by atoms with E-state index in [-0.39, 0.29) is 18.3 Å². The van der Waals surface area contributed by atoms with E-state index >= 15 is 0 Å². The average Bonchev–Trinajstić information content (AvgIpc) is 2.80. The van der Waals surface area contributed by atoms with Crippen LogP contribution in [0.1, 0.15) is 44.7 Å². The van der Waals surface area contributed by atoms with Crippen LogP contribution in [-0.4, -0.2) is 43.9 Å². The highest BCUT2D eigenvalue weighted by molar-refractivity contribution is 5.91. The molecule has 1 amide bonds. The van der Waals surface area contributed by atoms with Crippen molar-refractivity contribution in [3.63, 3.8) is 0 Å². The second-order valence-corrected chi connectivity index (χ2v) is 7.50. The number of amides is 1. The van der Waals surface area contributed by atoms with E-state index in [0.717, 1.165) is 24.1 Å². The molecule has 7 heteroatoms. The Hall–Kier alpha value is -3.48. The summed E-state index contributed by atoms with van der Waals surface area (Å²) < 4.78 is 17.1. The van der Waals surface area contributed by atoms with Crippen LogP contribution in [0.5, 0.6) is 11.5 Å². The van der Waals surface area contributed by atoms with Crippen molar-refractivity contribution >= 4 is 23.6 Å². The van der Waals surface area contributed by atoms with Gasteiger partial charge in [-0.1, -0.05) is 31.5 Å². The number of rotatable bonds is 13. The van der Waals surface area contributed by atoms with Crippen LogP contribution in [0.15, 0.2) is 48.2 Å². The Morgan fingerprint density at radius 1 is 1.00 bits per heavy atom.